The molecule has 0 aliphatic heterocycles. The molecule has 122 valence electrons. The predicted molar refractivity (Wildman–Crippen MR) is 88.1 cm³/mol. The van der Waals surface area contributed by atoms with Gasteiger partial charge in [0.2, 0.25) is 20.9 Å². The molecular formula is C16H19N3O3S. The molecule has 0 aliphatic carbocycles. The van der Waals surface area contributed by atoms with Crippen molar-refractivity contribution < 1.29 is 13.2 Å². The van der Waals surface area contributed by atoms with E-state index in [4.69, 9.17) is 0 Å². The minimum atomic E-state index is -3.88. The molecule has 0 unspecified atom stereocenters. The second kappa shape index (κ2) is 6.45. The summed E-state index contributed by atoms with van der Waals surface area (Å²) in [6.45, 7) is 7.25. The zero-order valence-corrected chi connectivity index (χ0v) is 14.4. The third-order valence-corrected chi connectivity index (χ3v) is 4.73. The van der Waals surface area contributed by atoms with Crippen LogP contribution in [0.25, 0.3) is 0 Å². The molecule has 2 rings (SSSR count). The van der Waals surface area contributed by atoms with Gasteiger partial charge in [-0.25, -0.2) is 18.4 Å². The van der Waals surface area contributed by atoms with Crippen molar-refractivity contribution in [1.29, 1.82) is 0 Å². The molecule has 0 atom stereocenters. The number of nitrogens with one attached hydrogen (secondary N) is 1. The molecule has 6 nitrogen and oxygen atoms in total. The van der Waals surface area contributed by atoms with Crippen molar-refractivity contribution in [2.24, 2.45) is 0 Å². The Hall–Kier alpha value is -2.28. The molecule has 23 heavy (non-hydrogen) atoms. The Morgan fingerprint density at radius 2 is 1.61 bits per heavy atom. The third-order valence-electron chi connectivity index (χ3n) is 3.35. The summed E-state index contributed by atoms with van der Waals surface area (Å²) >= 11 is 0. The maximum atomic E-state index is 12.3. The highest BCUT2D eigenvalue weighted by Crippen LogP contribution is 2.15. The molecule has 2 aromatic rings. The topological polar surface area (TPSA) is 89.0 Å². The summed E-state index contributed by atoms with van der Waals surface area (Å²) in [6.07, 6.45) is 0. The SMILES string of the molecule is Cc1cc(C)nc(S(=O)(=O)CC(=O)Nc2ccc(C)c(C)c2)n1. The van der Waals surface area contributed by atoms with Gasteiger partial charge in [0.25, 0.3) is 0 Å². The molecule has 1 aromatic carbocycles. The molecule has 1 aromatic heterocycles. The molecule has 1 heterocycles. The third kappa shape index (κ3) is 4.35. The van der Waals surface area contributed by atoms with Crippen molar-refractivity contribution in [3.63, 3.8) is 0 Å². The zero-order valence-electron chi connectivity index (χ0n) is 13.5. The van der Waals surface area contributed by atoms with E-state index in [0.29, 0.717) is 17.1 Å². The first-order valence-electron chi connectivity index (χ1n) is 7.09. The second-order valence-corrected chi connectivity index (χ2v) is 7.42. The number of carbonyl (C=O) groups is 1. The van der Waals surface area contributed by atoms with Crippen LogP contribution >= 0.6 is 0 Å². The number of aryl methyl sites for hydroxylation is 4. The highest BCUT2D eigenvalue weighted by atomic mass is 32.2. The fourth-order valence-electron chi connectivity index (χ4n) is 2.09. The number of hydrogen-bond donors (Lipinski definition) is 1. The van der Waals surface area contributed by atoms with Gasteiger partial charge in [0.15, 0.2) is 0 Å². The van der Waals surface area contributed by atoms with E-state index in [2.05, 4.69) is 15.3 Å². The van der Waals surface area contributed by atoms with Gasteiger partial charge in [-0.3, -0.25) is 4.79 Å². The number of aromatic nitrogens is 2. The number of hydrogen-bond acceptors (Lipinski definition) is 5. The molecule has 1 amide bonds. The molecular weight excluding hydrogens is 314 g/mol. The van der Waals surface area contributed by atoms with Gasteiger partial charge in [-0.15, -0.1) is 0 Å². The standard InChI is InChI=1S/C16H19N3O3S/c1-10-5-6-14(7-11(10)2)19-15(20)9-23(21,22)16-17-12(3)8-13(4)18-16/h5-8H,9H2,1-4H3,(H,19,20). The summed E-state index contributed by atoms with van der Waals surface area (Å²) < 4.78 is 24.5. The van der Waals surface area contributed by atoms with Crippen LogP contribution < -0.4 is 5.32 Å². The zero-order chi connectivity index (χ0) is 17.2. The minimum absolute atomic E-state index is 0.315. The number of carbonyl (C=O) groups excluding carboxylic acids is 1. The Morgan fingerprint density at radius 3 is 2.17 bits per heavy atom. The molecule has 0 radical (unpaired) electrons. The van der Waals surface area contributed by atoms with Crippen LogP contribution in [0.1, 0.15) is 22.5 Å². The summed E-state index contributed by atoms with van der Waals surface area (Å²) in [5.41, 5.74) is 3.77. The van der Waals surface area contributed by atoms with Gasteiger partial charge in [-0.2, -0.15) is 0 Å². The van der Waals surface area contributed by atoms with Gasteiger partial charge in [0, 0.05) is 17.1 Å². The Kier molecular flexibility index (Phi) is 4.79. The van der Waals surface area contributed by atoms with Crippen LogP contribution in [0.3, 0.4) is 0 Å². The monoisotopic (exact) mass is 333 g/mol. The van der Waals surface area contributed by atoms with Gasteiger partial charge in [0.1, 0.15) is 5.75 Å². The highest BCUT2D eigenvalue weighted by molar-refractivity contribution is 7.92. The average Bonchev–Trinajstić information content (AvgIpc) is 2.41. The van der Waals surface area contributed by atoms with Gasteiger partial charge >= 0.3 is 0 Å². The number of sulfone groups is 1. The average molecular weight is 333 g/mol. The molecule has 0 saturated heterocycles. The number of anilines is 1. The lowest BCUT2D eigenvalue weighted by atomic mass is 10.1. The normalized spacial score (nSPS) is 11.3. The van der Waals surface area contributed by atoms with E-state index < -0.39 is 21.5 Å². The van der Waals surface area contributed by atoms with Gasteiger partial charge in [-0.1, -0.05) is 6.07 Å². The van der Waals surface area contributed by atoms with Crippen molar-refractivity contribution in [3.05, 3.63) is 46.8 Å². The first-order valence-corrected chi connectivity index (χ1v) is 8.75. The quantitative estimate of drug-likeness (QED) is 0.866. The van der Waals surface area contributed by atoms with Crippen molar-refractivity contribution >= 4 is 21.4 Å². The summed E-state index contributed by atoms with van der Waals surface area (Å²) in [6, 6.07) is 7.08. The summed E-state index contributed by atoms with van der Waals surface area (Å²) in [5, 5.41) is 2.28. The maximum Gasteiger partial charge on any atom is 0.248 e. The van der Waals surface area contributed by atoms with Crippen LogP contribution in [0.5, 0.6) is 0 Å². The Morgan fingerprint density at radius 1 is 1.00 bits per heavy atom. The molecule has 0 fully saturated rings. The Bertz CT molecular complexity index is 841. The summed E-state index contributed by atoms with van der Waals surface area (Å²) in [4.78, 5) is 19.8. The molecule has 1 N–H and O–H groups in total. The number of benzene rings is 1. The Balaban J connectivity index is 2.16. The summed E-state index contributed by atoms with van der Waals surface area (Å²) in [5.74, 6) is -1.31. The van der Waals surface area contributed by atoms with E-state index in [1.807, 2.05) is 19.9 Å². The van der Waals surface area contributed by atoms with Gasteiger partial charge in [-0.05, 0) is 57.0 Å². The molecule has 0 spiro atoms. The van der Waals surface area contributed by atoms with Crippen LogP contribution in [0.15, 0.2) is 29.4 Å². The van der Waals surface area contributed by atoms with Gasteiger partial charge < -0.3 is 5.32 Å². The van der Waals surface area contributed by atoms with E-state index in [1.165, 1.54) is 0 Å². The first kappa shape index (κ1) is 17.1. The van der Waals surface area contributed by atoms with E-state index in [-0.39, 0.29) is 5.16 Å². The highest BCUT2D eigenvalue weighted by Gasteiger charge is 2.23. The fourth-order valence-corrected chi connectivity index (χ4v) is 3.20. The smallest absolute Gasteiger partial charge is 0.248 e. The largest absolute Gasteiger partial charge is 0.325 e. The minimum Gasteiger partial charge on any atom is -0.325 e. The van der Waals surface area contributed by atoms with Crippen molar-refractivity contribution in [1.82, 2.24) is 9.97 Å². The fraction of sp³-hybridized carbons (Fsp3) is 0.312. The van der Waals surface area contributed by atoms with Crippen LogP contribution in [0, 0.1) is 27.7 Å². The lowest BCUT2D eigenvalue weighted by Gasteiger charge is -2.08. The van der Waals surface area contributed by atoms with Crippen molar-refractivity contribution in [2.45, 2.75) is 32.9 Å². The van der Waals surface area contributed by atoms with Crippen molar-refractivity contribution in [2.75, 3.05) is 11.1 Å². The van der Waals surface area contributed by atoms with E-state index in [9.17, 15) is 13.2 Å². The van der Waals surface area contributed by atoms with Crippen LogP contribution in [0.4, 0.5) is 5.69 Å². The lowest BCUT2D eigenvalue weighted by Crippen LogP contribution is -2.24. The number of nitrogens with zero attached hydrogens (tertiary/aromatic N) is 2. The van der Waals surface area contributed by atoms with Crippen LogP contribution in [-0.2, 0) is 14.6 Å². The first-order chi connectivity index (χ1) is 10.7. The van der Waals surface area contributed by atoms with E-state index >= 15 is 0 Å². The Labute approximate surface area is 135 Å². The number of rotatable bonds is 4. The molecule has 0 bridgehead atoms. The van der Waals surface area contributed by atoms with Crippen molar-refractivity contribution in [3.8, 4) is 0 Å². The predicted octanol–water partition coefficient (Wildman–Crippen LogP) is 2.12. The lowest BCUT2D eigenvalue weighted by molar-refractivity contribution is -0.113. The molecule has 7 heteroatoms. The summed E-state index contributed by atoms with van der Waals surface area (Å²) in [7, 11) is -3.88. The van der Waals surface area contributed by atoms with E-state index in [0.717, 1.165) is 11.1 Å². The second-order valence-electron chi connectivity index (χ2n) is 5.54. The van der Waals surface area contributed by atoms with Crippen LogP contribution in [0.2, 0.25) is 0 Å². The number of amides is 1. The van der Waals surface area contributed by atoms with Crippen LogP contribution in [-0.4, -0.2) is 30.0 Å². The molecule has 0 saturated carbocycles. The van der Waals surface area contributed by atoms with E-state index in [1.54, 1.807) is 32.0 Å². The van der Waals surface area contributed by atoms with Gasteiger partial charge in [0.05, 0.1) is 0 Å². The maximum absolute atomic E-state index is 12.3. The molecule has 0 aliphatic rings.